The average molecular weight is 421 g/mol. The highest BCUT2D eigenvalue weighted by Gasteiger charge is 2.25. The molecule has 3 heterocycles. The van der Waals surface area contributed by atoms with Crippen LogP contribution < -0.4 is 4.90 Å². The minimum absolute atomic E-state index is 0.525. The van der Waals surface area contributed by atoms with E-state index >= 15 is 0 Å². The van der Waals surface area contributed by atoms with Crippen LogP contribution in [0.1, 0.15) is 47.3 Å². The van der Waals surface area contributed by atoms with Crippen LogP contribution in [0.5, 0.6) is 0 Å². The minimum atomic E-state index is 0.525. The number of rotatable bonds is 3. The summed E-state index contributed by atoms with van der Waals surface area (Å²) in [5, 5.41) is 11.0. The van der Waals surface area contributed by atoms with Crippen LogP contribution >= 0.6 is 11.6 Å². The maximum absolute atomic E-state index is 9.04. The molecule has 1 fully saturated rings. The van der Waals surface area contributed by atoms with Gasteiger partial charge >= 0.3 is 0 Å². The van der Waals surface area contributed by atoms with Crippen LogP contribution in [0.4, 0.5) is 5.69 Å². The molecule has 1 saturated heterocycles. The number of aryl methyl sites for hydroxylation is 4. The van der Waals surface area contributed by atoms with Gasteiger partial charge in [-0.15, -0.1) is 0 Å². The average Bonchev–Trinajstić information content (AvgIpc) is 2.92. The first-order valence-corrected chi connectivity index (χ1v) is 11.1. The number of benzene rings is 1. The number of hydrogen-bond acceptors (Lipinski definition) is 3. The number of anilines is 1. The molecule has 3 aromatic rings. The highest BCUT2D eigenvalue weighted by atomic mass is 35.5. The summed E-state index contributed by atoms with van der Waals surface area (Å²) in [6, 6.07) is 8.63. The molecule has 1 aliphatic heterocycles. The van der Waals surface area contributed by atoms with Gasteiger partial charge in [0.2, 0.25) is 0 Å². The summed E-state index contributed by atoms with van der Waals surface area (Å²) in [5.41, 5.74) is 9.30. The molecule has 0 amide bonds. The van der Waals surface area contributed by atoms with E-state index in [9.17, 15) is 0 Å². The second kappa shape index (κ2) is 7.96. The summed E-state index contributed by atoms with van der Waals surface area (Å²) < 4.78 is 2.31. The molecule has 0 spiro atoms. The normalized spacial score (nSPS) is 15.0. The largest absolute Gasteiger partial charge is 0.371 e. The van der Waals surface area contributed by atoms with Crippen LogP contribution in [0.15, 0.2) is 18.2 Å². The first-order chi connectivity index (χ1) is 14.3. The molecule has 0 saturated carbocycles. The first-order valence-electron chi connectivity index (χ1n) is 10.7. The third-order valence-corrected chi connectivity index (χ3v) is 6.81. The third kappa shape index (κ3) is 3.46. The van der Waals surface area contributed by atoms with Crippen molar-refractivity contribution in [3.63, 3.8) is 0 Å². The lowest BCUT2D eigenvalue weighted by atomic mass is 9.93. The van der Waals surface area contributed by atoms with Gasteiger partial charge in [0.15, 0.2) is 0 Å². The van der Waals surface area contributed by atoms with Crippen molar-refractivity contribution < 1.29 is 0 Å². The molecule has 156 valence electrons. The van der Waals surface area contributed by atoms with Crippen molar-refractivity contribution in [3.8, 4) is 11.8 Å². The van der Waals surface area contributed by atoms with E-state index < -0.39 is 0 Å². The van der Waals surface area contributed by atoms with Gasteiger partial charge in [0.1, 0.15) is 5.65 Å². The van der Waals surface area contributed by atoms with Crippen molar-refractivity contribution in [1.29, 1.82) is 5.26 Å². The van der Waals surface area contributed by atoms with E-state index in [1.54, 1.807) is 0 Å². The number of fused-ring (bicyclic) bond motifs is 1. The number of aromatic nitrogens is 2. The fraction of sp³-hybridized carbons (Fsp3) is 0.440. The van der Waals surface area contributed by atoms with Crippen molar-refractivity contribution in [3.05, 3.63) is 51.3 Å². The highest BCUT2D eigenvalue weighted by Crippen LogP contribution is 2.38. The molecular weight excluding hydrogens is 392 g/mol. The summed E-state index contributed by atoms with van der Waals surface area (Å²) in [6.45, 7) is 12.7. The second-order valence-corrected chi connectivity index (χ2v) is 9.14. The van der Waals surface area contributed by atoms with Gasteiger partial charge in [0, 0.05) is 47.0 Å². The number of pyridine rings is 1. The standard InChI is InChI=1S/C25H29ClN4/c1-15-12-21(26)13-16(2)24(15)30-19(5)18(4)23-22(14-17(3)28-25(23)30)29-10-7-20(6-9-27)8-11-29/h12-14,20H,6-8,10-11H2,1-5H3. The molecular formula is C25H29ClN4. The van der Waals surface area contributed by atoms with Gasteiger partial charge in [0.25, 0.3) is 0 Å². The zero-order chi connectivity index (χ0) is 21.6. The Morgan fingerprint density at radius 1 is 1.07 bits per heavy atom. The fourth-order valence-electron chi connectivity index (χ4n) is 4.95. The zero-order valence-electron chi connectivity index (χ0n) is 18.5. The van der Waals surface area contributed by atoms with Crippen molar-refractivity contribution >= 4 is 28.3 Å². The lowest BCUT2D eigenvalue weighted by molar-refractivity contribution is 0.413. The predicted octanol–water partition coefficient (Wildman–Crippen LogP) is 6.35. The van der Waals surface area contributed by atoms with Gasteiger partial charge in [-0.25, -0.2) is 4.98 Å². The quantitative estimate of drug-likeness (QED) is 0.495. The highest BCUT2D eigenvalue weighted by molar-refractivity contribution is 6.30. The SMILES string of the molecule is Cc1cc(N2CCC(CC#N)CC2)c2c(C)c(C)n(-c3c(C)cc(Cl)cc3C)c2n1. The summed E-state index contributed by atoms with van der Waals surface area (Å²) >= 11 is 6.31. The van der Waals surface area contributed by atoms with E-state index in [0.29, 0.717) is 12.3 Å². The fourth-order valence-corrected chi connectivity index (χ4v) is 5.28. The molecule has 2 aromatic heterocycles. The second-order valence-electron chi connectivity index (χ2n) is 8.71. The minimum Gasteiger partial charge on any atom is -0.371 e. The van der Waals surface area contributed by atoms with Crippen molar-refractivity contribution in [2.45, 2.75) is 53.9 Å². The summed E-state index contributed by atoms with van der Waals surface area (Å²) in [7, 11) is 0. The molecule has 30 heavy (non-hydrogen) atoms. The van der Waals surface area contributed by atoms with Crippen LogP contribution in [0.2, 0.25) is 5.02 Å². The van der Waals surface area contributed by atoms with Crippen molar-refractivity contribution in [2.75, 3.05) is 18.0 Å². The lowest BCUT2D eigenvalue weighted by Gasteiger charge is -2.33. The Morgan fingerprint density at radius 3 is 2.30 bits per heavy atom. The molecule has 0 aliphatic carbocycles. The van der Waals surface area contributed by atoms with Gasteiger partial charge in [-0.2, -0.15) is 5.26 Å². The molecule has 1 aliphatic rings. The molecule has 5 heteroatoms. The molecule has 4 rings (SSSR count). The van der Waals surface area contributed by atoms with Gasteiger partial charge in [-0.05, 0) is 88.3 Å². The predicted molar refractivity (Wildman–Crippen MR) is 125 cm³/mol. The third-order valence-electron chi connectivity index (χ3n) is 6.59. The van der Waals surface area contributed by atoms with Crippen molar-refractivity contribution in [1.82, 2.24) is 9.55 Å². The van der Waals surface area contributed by atoms with Crippen LogP contribution in [0.25, 0.3) is 16.7 Å². The van der Waals surface area contributed by atoms with Gasteiger partial charge in [0.05, 0.1) is 11.8 Å². The lowest BCUT2D eigenvalue weighted by Crippen LogP contribution is -2.33. The Hall–Kier alpha value is -2.51. The number of piperidine rings is 1. The Kier molecular flexibility index (Phi) is 5.51. The molecule has 0 radical (unpaired) electrons. The van der Waals surface area contributed by atoms with Crippen LogP contribution in [0, 0.1) is 51.9 Å². The van der Waals surface area contributed by atoms with Gasteiger partial charge in [-0.3, -0.25) is 4.57 Å². The van der Waals surface area contributed by atoms with Crippen molar-refractivity contribution in [2.24, 2.45) is 5.92 Å². The summed E-state index contributed by atoms with van der Waals surface area (Å²) in [5.74, 6) is 0.525. The van der Waals surface area contributed by atoms with Crippen LogP contribution in [-0.2, 0) is 0 Å². The molecule has 0 bridgehead atoms. The molecule has 4 nitrogen and oxygen atoms in total. The first kappa shape index (κ1) is 20.8. The number of hydrogen-bond donors (Lipinski definition) is 0. The maximum Gasteiger partial charge on any atom is 0.147 e. The molecule has 0 N–H and O–H groups in total. The Labute approximate surface area is 184 Å². The number of halogens is 1. The van der Waals surface area contributed by atoms with Crippen LogP contribution in [0.3, 0.4) is 0 Å². The van der Waals surface area contributed by atoms with E-state index in [4.69, 9.17) is 21.8 Å². The number of nitrogens with zero attached hydrogens (tertiary/aromatic N) is 4. The molecule has 0 unspecified atom stereocenters. The zero-order valence-corrected chi connectivity index (χ0v) is 19.3. The Balaban J connectivity index is 1.89. The number of nitriles is 1. The van der Waals surface area contributed by atoms with E-state index in [0.717, 1.165) is 53.4 Å². The van der Waals surface area contributed by atoms with E-state index in [2.05, 4.69) is 56.2 Å². The van der Waals surface area contributed by atoms with E-state index in [-0.39, 0.29) is 0 Å². The van der Waals surface area contributed by atoms with E-state index in [1.807, 2.05) is 12.1 Å². The Morgan fingerprint density at radius 2 is 1.70 bits per heavy atom. The summed E-state index contributed by atoms with van der Waals surface area (Å²) in [4.78, 5) is 7.49. The Bertz CT molecular complexity index is 1140. The molecule has 1 aromatic carbocycles. The maximum atomic E-state index is 9.04. The van der Waals surface area contributed by atoms with Gasteiger partial charge in [-0.1, -0.05) is 11.6 Å². The monoisotopic (exact) mass is 420 g/mol. The van der Waals surface area contributed by atoms with Gasteiger partial charge < -0.3 is 4.90 Å². The topological polar surface area (TPSA) is 44.9 Å². The summed E-state index contributed by atoms with van der Waals surface area (Å²) in [6.07, 6.45) is 2.82. The molecule has 0 atom stereocenters. The van der Waals surface area contributed by atoms with E-state index in [1.165, 1.54) is 28.0 Å². The smallest absolute Gasteiger partial charge is 0.147 e. The van der Waals surface area contributed by atoms with Crippen LogP contribution in [-0.4, -0.2) is 22.6 Å².